The molecule has 0 aliphatic rings. The Bertz CT molecular complexity index is 1040. The molecule has 0 saturated heterocycles. The number of imidazole rings is 2. The molecule has 0 saturated carbocycles. The first-order chi connectivity index (χ1) is 12.6. The molecule has 1 aromatic carbocycles. The van der Waals surface area contributed by atoms with E-state index in [0.717, 1.165) is 4.96 Å². The average Bonchev–Trinajstić information content (AvgIpc) is 3.30. The highest BCUT2D eigenvalue weighted by atomic mass is 32.1. The lowest BCUT2D eigenvalue weighted by Crippen LogP contribution is -2.32. The molecule has 1 N–H and O–H groups in total. The molecule has 3 aromatic heterocycles. The van der Waals surface area contributed by atoms with Crippen LogP contribution in [0.3, 0.4) is 0 Å². The smallest absolute Gasteiger partial charge is 0.226 e. The molecule has 0 spiro atoms. The number of thiazole rings is 1. The van der Waals surface area contributed by atoms with E-state index < -0.39 is 6.04 Å². The van der Waals surface area contributed by atoms with Gasteiger partial charge in [-0.3, -0.25) is 9.20 Å². The number of aromatic nitrogens is 4. The van der Waals surface area contributed by atoms with Crippen LogP contribution < -0.4 is 5.32 Å². The Morgan fingerprint density at radius 2 is 2.19 bits per heavy atom. The number of aryl methyl sites for hydroxylation is 1. The quantitative estimate of drug-likeness (QED) is 0.588. The van der Waals surface area contributed by atoms with Crippen molar-refractivity contribution < 1.29 is 9.18 Å². The fourth-order valence-electron chi connectivity index (χ4n) is 2.88. The number of nitrogens with one attached hydrogen (secondary N) is 1. The summed E-state index contributed by atoms with van der Waals surface area (Å²) in [6.07, 6.45) is 7.22. The number of amides is 1. The van der Waals surface area contributed by atoms with Gasteiger partial charge >= 0.3 is 0 Å². The summed E-state index contributed by atoms with van der Waals surface area (Å²) in [6, 6.07) is 5.72. The fraction of sp³-hybridized carbons (Fsp3) is 0.167. The summed E-state index contributed by atoms with van der Waals surface area (Å²) in [6.45, 7) is 0. The van der Waals surface area contributed by atoms with Crippen molar-refractivity contribution in [3.8, 4) is 0 Å². The highest BCUT2D eigenvalue weighted by molar-refractivity contribution is 7.15. The van der Waals surface area contributed by atoms with Gasteiger partial charge in [0.05, 0.1) is 12.1 Å². The Labute approximate surface area is 152 Å². The zero-order valence-corrected chi connectivity index (χ0v) is 14.8. The van der Waals surface area contributed by atoms with E-state index in [4.69, 9.17) is 0 Å². The normalized spacial score (nSPS) is 12.4. The van der Waals surface area contributed by atoms with Crippen molar-refractivity contribution in [2.24, 2.45) is 7.05 Å². The van der Waals surface area contributed by atoms with Gasteiger partial charge in [-0.05, 0) is 6.07 Å². The summed E-state index contributed by atoms with van der Waals surface area (Å²) >= 11 is 1.51. The molecule has 26 heavy (non-hydrogen) atoms. The third-order valence-corrected chi connectivity index (χ3v) is 4.89. The third-order valence-electron chi connectivity index (χ3n) is 4.12. The van der Waals surface area contributed by atoms with E-state index in [9.17, 15) is 9.18 Å². The molecule has 0 aliphatic carbocycles. The minimum Gasteiger partial charge on any atom is -0.342 e. The van der Waals surface area contributed by atoms with Gasteiger partial charge in [-0.2, -0.15) is 0 Å². The number of halogens is 1. The van der Waals surface area contributed by atoms with Crippen molar-refractivity contribution in [1.82, 2.24) is 24.3 Å². The number of hydrogen-bond donors (Lipinski definition) is 1. The van der Waals surface area contributed by atoms with Gasteiger partial charge in [0.15, 0.2) is 4.96 Å². The second-order valence-electron chi connectivity index (χ2n) is 5.92. The first-order valence-electron chi connectivity index (χ1n) is 8.04. The van der Waals surface area contributed by atoms with Gasteiger partial charge in [0.2, 0.25) is 5.91 Å². The van der Waals surface area contributed by atoms with E-state index in [1.165, 1.54) is 17.4 Å². The minimum atomic E-state index is -0.674. The van der Waals surface area contributed by atoms with Crippen LogP contribution in [0, 0.1) is 5.82 Å². The largest absolute Gasteiger partial charge is 0.342 e. The van der Waals surface area contributed by atoms with Crippen molar-refractivity contribution in [2.45, 2.75) is 12.5 Å². The zero-order valence-electron chi connectivity index (χ0n) is 14.0. The summed E-state index contributed by atoms with van der Waals surface area (Å²) in [4.78, 5) is 22.1. The first kappa shape index (κ1) is 16.5. The summed E-state index contributed by atoms with van der Waals surface area (Å²) in [5, 5.41) is 4.83. The van der Waals surface area contributed by atoms with Gasteiger partial charge in [0.1, 0.15) is 17.7 Å². The number of nitrogens with zero attached hydrogens (tertiary/aromatic N) is 4. The summed E-state index contributed by atoms with van der Waals surface area (Å²) < 4.78 is 18.0. The standard InChI is InChI=1S/C18H16FN5OS/c1-23-7-6-20-17(23)16(13-4-2-3-5-14(13)19)22-15(25)10-12-11-24-8-9-26-18(24)21-12/h2-9,11,16H,10H2,1H3,(H,22,25). The SMILES string of the molecule is Cn1ccnc1C(NC(=O)Cc1cn2ccsc2n1)c1ccccc1F. The molecule has 4 rings (SSSR count). The molecular weight excluding hydrogens is 353 g/mol. The molecule has 3 heterocycles. The highest BCUT2D eigenvalue weighted by Crippen LogP contribution is 2.23. The number of rotatable bonds is 5. The predicted octanol–water partition coefficient (Wildman–Crippen LogP) is 2.72. The van der Waals surface area contributed by atoms with E-state index in [1.807, 2.05) is 29.2 Å². The number of benzene rings is 1. The molecular formula is C18H16FN5OS. The fourth-order valence-corrected chi connectivity index (χ4v) is 3.60. The van der Waals surface area contributed by atoms with Crippen LogP contribution in [0.15, 0.2) is 54.4 Å². The molecule has 1 atom stereocenters. The van der Waals surface area contributed by atoms with E-state index in [2.05, 4.69) is 15.3 Å². The second kappa shape index (κ2) is 6.72. The maximum atomic E-state index is 14.3. The van der Waals surface area contributed by atoms with Crippen LogP contribution in [0.4, 0.5) is 4.39 Å². The van der Waals surface area contributed by atoms with Crippen LogP contribution in [0.5, 0.6) is 0 Å². The monoisotopic (exact) mass is 369 g/mol. The van der Waals surface area contributed by atoms with Gasteiger partial charge in [-0.1, -0.05) is 18.2 Å². The molecule has 0 aliphatic heterocycles. The number of fused-ring (bicyclic) bond motifs is 1. The van der Waals surface area contributed by atoms with Crippen LogP contribution >= 0.6 is 11.3 Å². The minimum absolute atomic E-state index is 0.115. The number of carbonyl (C=O) groups excluding carboxylic acids is 1. The van der Waals surface area contributed by atoms with Gasteiger partial charge in [0.25, 0.3) is 0 Å². The third kappa shape index (κ3) is 3.11. The van der Waals surface area contributed by atoms with E-state index in [0.29, 0.717) is 17.1 Å². The van der Waals surface area contributed by atoms with Crippen molar-refractivity contribution in [2.75, 3.05) is 0 Å². The van der Waals surface area contributed by atoms with Gasteiger partial charge in [-0.25, -0.2) is 14.4 Å². The Morgan fingerprint density at radius 1 is 1.35 bits per heavy atom. The van der Waals surface area contributed by atoms with Crippen LogP contribution in [-0.4, -0.2) is 24.8 Å². The van der Waals surface area contributed by atoms with Crippen LogP contribution in [0.25, 0.3) is 4.96 Å². The van der Waals surface area contributed by atoms with Crippen molar-refractivity contribution in [3.63, 3.8) is 0 Å². The van der Waals surface area contributed by atoms with E-state index >= 15 is 0 Å². The molecule has 4 aromatic rings. The van der Waals surface area contributed by atoms with Crippen LogP contribution in [-0.2, 0) is 18.3 Å². The molecule has 0 radical (unpaired) electrons. The van der Waals surface area contributed by atoms with Gasteiger partial charge in [0, 0.05) is 42.8 Å². The zero-order chi connectivity index (χ0) is 18.1. The average molecular weight is 369 g/mol. The molecule has 6 nitrogen and oxygen atoms in total. The van der Waals surface area contributed by atoms with Crippen LogP contribution in [0.2, 0.25) is 0 Å². The Hall–Kier alpha value is -3.00. The molecule has 1 unspecified atom stereocenters. The van der Waals surface area contributed by atoms with E-state index in [-0.39, 0.29) is 18.1 Å². The first-order valence-corrected chi connectivity index (χ1v) is 8.92. The lowest BCUT2D eigenvalue weighted by molar-refractivity contribution is -0.121. The molecule has 132 valence electrons. The van der Waals surface area contributed by atoms with E-state index in [1.54, 1.807) is 35.2 Å². The molecule has 0 bridgehead atoms. The summed E-state index contributed by atoms with van der Waals surface area (Å²) in [5.74, 6) is -0.0652. The Kier molecular flexibility index (Phi) is 4.26. The van der Waals surface area contributed by atoms with Crippen molar-refractivity contribution in [1.29, 1.82) is 0 Å². The Balaban J connectivity index is 1.60. The maximum absolute atomic E-state index is 14.3. The predicted molar refractivity (Wildman–Crippen MR) is 96.4 cm³/mol. The van der Waals surface area contributed by atoms with Crippen molar-refractivity contribution in [3.05, 3.63) is 77.3 Å². The maximum Gasteiger partial charge on any atom is 0.226 e. The Morgan fingerprint density at radius 3 is 2.92 bits per heavy atom. The van der Waals surface area contributed by atoms with Gasteiger partial charge < -0.3 is 9.88 Å². The summed E-state index contributed by atoms with van der Waals surface area (Å²) in [5.41, 5.74) is 1.04. The molecule has 0 fully saturated rings. The van der Waals surface area contributed by atoms with Gasteiger partial charge in [-0.15, -0.1) is 11.3 Å². The number of carbonyl (C=O) groups is 1. The van der Waals surface area contributed by atoms with Crippen LogP contribution in [0.1, 0.15) is 23.1 Å². The second-order valence-corrected chi connectivity index (χ2v) is 6.79. The van der Waals surface area contributed by atoms with Crippen molar-refractivity contribution >= 4 is 22.2 Å². The molecule has 8 heteroatoms. The number of hydrogen-bond acceptors (Lipinski definition) is 4. The lowest BCUT2D eigenvalue weighted by atomic mass is 10.0. The highest BCUT2D eigenvalue weighted by Gasteiger charge is 2.23. The topological polar surface area (TPSA) is 64.2 Å². The molecule has 1 amide bonds. The summed E-state index contributed by atoms with van der Waals surface area (Å²) in [7, 11) is 1.81. The lowest BCUT2D eigenvalue weighted by Gasteiger charge is -2.19.